The maximum atomic E-state index is 17.2. The van der Waals surface area contributed by atoms with Gasteiger partial charge in [0.1, 0.15) is 40.9 Å². The van der Waals surface area contributed by atoms with Crippen molar-refractivity contribution in [2.75, 3.05) is 50.5 Å². The van der Waals surface area contributed by atoms with E-state index in [0.29, 0.717) is 30.8 Å². The second-order valence-electron chi connectivity index (χ2n) is 13.2. The number of nitrogens with zero attached hydrogens (tertiary/aromatic N) is 6. The fourth-order valence-electron chi connectivity index (χ4n) is 7.64. The number of hydrogen-bond donors (Lipinski definition) is 1. The molecule has 1 saturated carbocycles. The van der Waals surface area contributed by atoms with Crippen LogP contribution in [0.2, 0.25) is 5.02 Å². The molecule has 14 heteroatoms. The van der Waals surface area contributed by atoms with E-state index in [1.54, 1.807) is 0 Å². The van der Waals surface area contributed by atoms with Crippen LogP contribution in [0.4, 0.5) is 19.6 Å². The summed E-state index contributed by atoms with van der Waals surface area (Å²) in [6.45, 7) is 4.68. The number of carbonyl (C=O) groups is 1. The number of likely N-dealkylation sites (N-methyl/N-ethyl adjacent to an activating group) is 1. The Morgan fingerprint density at radius 1 is 1.19 bits per heavy atom. The highest BCUT2D eigenvalue weighted by Gasteiger charge is 2.40. The third-order valence-electron chi connectivity index (χ3n) is 10.2. The van der Waals surface area contributed by atoms with Gasteiger partial charge in [-0.3, -0.25) is 9.69 Å². The van der Waals surface area contributed by atoms with Gasteiger partial charge >= 0.3 is 6.01 Å². The molecule has 3 atom stereocenters. The predicted molar refractivity (Wildman–Crippen MR) is 181 cm³/mol. The molecule has 0 bridgehead atoms. The van der Waals surface area contributed by atoms with Crippen LogP contribution in [0.25, 0.3) is 32.1 Å². The summed E-state index contributed by atoms with van der Waals surface area (Å²) in [7, 11) is 2.05. The topological polar surface area (TPSA) is 121 Å². The third-order valence-corrected chi connectivity index (χ3v) is 11.6. The van der Waals surface area contributed by atoms with Gasteiger partial charge in [0.05, 0.1) is 27.2 Å². The molecule has 1 amide bonds. The van der Waals surface area contributed by atoms with Gasteiger partial charge in [0.2, 0.25) is 5.91 Å². The number of likely N-dealkylation sites (tertiary alicyclic amines) is 2. The predicted octanol–water partition coefficient (Wildman–Crippen LogP) is 5.97. The Labute approximate surface area is 285 Å². The molecule has 1 aliphatic carbocycles. The number of benzene rings is 2. The monoisotopic (exact) mass is 693 g/mol. The molecule has 2 aromatic heterocycles. The van der Waals surface area contributed by atoms with Crippen LogP contribution in [-0.2, 0) is 4.79 Å². The number of aromatic nitrogens is 2. The SMILES string of the molecule is C[C@H](Oc1nc2c3c(c(Cl)c(-c4ccc(F)c5sc(N)c(C#N)c45)c(F)c3n1)OCCN2[C@@H]1CCN(C(=O)C2CC2)C1)[C@@H]1CCCN1C. The molecule has 2 saturated heterocycles. The van der Waals surface area contributed by atoms with Gasteiger partial charge in [-0.05, 0) is 64.3 Å². The molecule has 48 heavy (non-hydrogen) atoms. The molecule has 4 aliphatic rings. The number of fused-ring (bicyclic) bond motifs is 1. The molecule has 0 unspecified atom stereocenters. The zero-order valence-electron chi connectivity index (χ0n) is 26.6. The van der Waals surface area contributed by atoms with E-state index in [9.17, 15) is 14.4 Å². The number of thiophene rings is 1. The van der Waals surface area contributed by atoms with Crippen LogP contribution in [0, 0.1) is 28.9 Å². The van der Waals surface area contributed by atoms with Gasteiger partial charge in [0.25, 0.3) is 0 Å². The molecule has 0 spiro atoms. The van der Waals surface area contributed by atoms with Gasteiger partial charge in [-0.15, -0.1) is 11.3 Å². The molecule has 2 aromatic carbocycles. The van der Waals surface area contributed by atoms with E-state index in [2.05, 4.69) is 21.8 Å². The van der Waals surface area contributed by atoms with Crippen LogP contribution in [0.15, 0.2) is 12.1 Å². The van der Waals surface area contributed by atoms with Crippen molar-refractivity contribution in [3.63, 3.8) is 0 Å². The second-order valence-corrected chi connectivity index (χ2v) is 14.6. The lowest BCUT2D eigenvalue weighted by Gasteiger charge is -2.30. The Hall–Kier alpha value is -3.99. The van der Waals surface area contributed by atoms with Crippen molar-refractivity contribution in [2.45, 2.75) is 57.2 Å². The molecule has 3 aliphatic heterocycles. The van der Waals surface area contributed by atoms with E-state index >= 15 is 4.39 Å². The van der Waals surface area contributed by atoms with Crippen molar-refractivity contribution in [3.8, 4) is 29.0 Å². The number of rotatable bonds is 6. The maximum absolute atomic E-state index is 17.2. The van der Waals surface area contributed by atoms with E-state index < -0.39 is 11.6 Å². The van der Waals surface area contributed by atoms with Crippen molar-refractivity contribution in [1.82, 2.24) is 19.8 Å². The summed E-state index contributed by atoms with van der Waals surface area (Å²) in [5.41, 5.74) is 6.22. The van der Waals surface area contributed by atoms with Crippen LogP contribution >= 0.6 is 22.9 Å². The fraction of sp³-hybridized carbons (Fsp3) is 0.471. The van der Waals surface area contributed by atoms with Gasteiger partial charge in [0.15, 0.2) is 11.6 Å². The smallest absolute Gasteiger partial charge is 0.319 e. The number of ether oxygens (including phenoxy) is 2. The lowest BCUT2D eigenvalue weighted by atomic mass is 9.96. The first-order valence-corrected chi connectivity index (χ1v) is 17.5. The summed E-state index contributed by atoms with van der Waals surface area (Å²) in [4.78, 5) is 28.7. The van der Waals surface area contributed by atoms with Gasteiger partial charge in [-0.25, -0.2) is 8.78 Å². The first kappa shape index (κ1) is 31.3. The second kappa shape index (κ2) is 11.9. The Kier molecular flexibility index (Phi) is 7.73. The average molecular weight is 694 g/mol. The standard InChI is InChI=1S/C34H34ClF2N7O3S/c1-16(22-4-3-10-42(22)2)47-34-40-28-25-29(46-13-12-44(32(25)41-34)18-9-11-43(15-18)33(45)17-5-6-17)26(35)24(27(28)37)19-7-8-21(36)30-23(19)20(14-38)31(39)48-30/h7-8,16-18,22H,3-6,9-13,15,39H2,1-2H3/t16-,18+,22-/m0/s1. The minimum absolute atomic E-state index is 0.0148. The van der Waals surface area contributed by atoms with Crippen molar-refractivity contribution < 1.29 is 23.0 Å². The summed E-state index contributed by atoms with van der Waals surface area (Å²) in [6, 6.07) is 4.73. The van der Waals surface area contributed by atoms with Crippen LogP contribution in [0.1, 0.15) is 44.6 Å². The van der Waals surface area contributed by atoms with Crippen LogP contribution in [-0.4, -0.2) is 83.7 Å². The highest BCUT2D eigenvalue weighted by molar-refractivity contribution is 7.23. The van der Waals surface area contributed by atoms with Gasteiger partial charge in [0, 0.05) is 42.0 Å². The zero-order chi connectivity index (χ0) is 33.4. The van der Waals surface area contributed by atoms with Crippen molar-refractivity contribution in [3.05, 3.63) is 34.4 Å². The minimum Gasteiger partial charge on any atom is -0.489 e. The third kappa shape index (κ3) is 4.99. The van der Waals surface area contributed by atoms with Gasteiger partial charge in [-0.1, -0.05) is 17.7 Å². The number of nitrogens with two attached hydrogens (primary N) is 1. The minimum atomic E-state index is -0.776. The largest absolute Gasteiger partial charge is 0.489 e. The molecule has 4 aromatic rings. The first-order valence-electron chi connectivity index (χ1n) is 16.3. The van der Waals surface area contributed by atoms with Gasteiger partial charge < -0.3 is 25.0 Å². The summed E-state index contributed by atoms with van der Waals surface area (Å²) in [5.74, 6) is -0.436. The molecular weight excluding hydrogens is 660 g/mol. The summed E-state index contributed by atoms with van der Waals surface area (Å²) >= 11 is 7.98. The van der Waals surface area contributed by atoms with Crippen LogP contribution in [0.5, 0.6) is 11.8 Å². The molecule has 5 heterocycles. The van der Waals surface area contributed by atoms with Crippen LogP contribution < -0.4 is 20.1 Å². The van der Waals surface area contributed by atoms with Crippen molar-refractivity contribution >= 4 is 60.7 Å². The first-order chi connectivity index (χ1) is 23.2. The number of nitriles is 1. The molecule has 3 fully saturated rings. The number of carbonyl (C=O) groups excluding carboxylic acids is 1. The van der Waals surface area contributed by atoms with Crippen molar-refractivity contribution in [2.24, 2.45) is 5.92 Å². The molecule has 8 rings (SSSR count). The molecular formula is C34H34ClF2N7O3S. The van der Waals surface area contributed by atoms with E-state index in [1.807, 2.05) is 17.9 Å². The highest BCUT2D eigenvalue weighted by atomic mass is 35.5. The number of amides is 1. The van der Waals surface area contributed by atoms with Gasteiger partial charge in [-0.2, -0.15) is 15.2 Å². The highest BCUT2D eigenvalue weighted by Crippen LogP contribution is 2.51. The number of halogens is 3. The van der Waals surface area contributed by atoms with Crippen LogP contribution in [0.3, 0.4) is 0 Å². The molecule has 250 valence electrons. The Morgan fingerprint density at radius 3 is 2.73 bits per heavy atom. The zero-order valence-corrected chi connectivity index (χ0v) is 28.1. The maximum Gasteiger partial charge on any atom is 0.319 e. The lowest BCUT2D eigenvalue weighted by Crippen LogP contribution is -2.41. The van der Waals surface area contributed by atoms with E-state index in [0.717, 1.165) is 50.0 Å². The summed E-state index contributed by atoms with van der Waals surface area (Å²) in [5, 5.41) is 10.5. The number of nitrogen functional groups attached to an aromatic ring is 1. The Bertz CT molecular complexity index is 2030. The normalized spacial score (nSPS) is 21.8. The van der Waals surface area contributed by atoms with E-state index in [1.165, 1.54) is 12.1 Å². The van der Waals surface area contributed by atoms with Crippen molar-refractivity contribution in [1.29, 1.82) is 5.26 Å². The van der Waals surface area contributed by atoms with E-state index in [-0.39, 0.29) is 90.7 Å². The fourth-order valence-corrected chi connectivity index (χ4v) is 8.93. The van der Waals surface area contributed by atoms with E-state index in [4.69, 9.17) is 31.8 Å². The average Bonchev–Trinajstić information content (AvgIpc) is 3.55. The Balaban J connectivity index is 1.32. The number of anilines is 2. The number of hydrogen-bond acceptors (Lipinski definition) is 10. The molecule has 0 radical (unpaired) electrons. The lowest BCUT2D eigenvalue weighted by molar-refractivity contribution is -0.131. The summed E-state index contributed by atoms with van der Waals surface area (Å²) < 4.78 is 45.0. The quantitative estimate of drug-likeness (QED) is 0.261. The Morgan fingerprint density at radius 2 is 2.00 bits per heavy atom. The molecule has 10 nitrogen and oxygen atoms in total. The molecule has 2 N–H and O–H groups in total. The summed E-state index contributed by atoms with van der Waals surface area (Å²) in [6.07, 6.45) is 4.30.